The van der Waals surface area contributed by atoms with Gasteiger partial charge in [-0.1, -0.05) is 21.1 Å². The first kappa shape index (κ1) is 9.66. The number of nitro groups is 1. The number of oxime groups is 1. The van der Waals surface area contributed by atoms with Crippen LogP contribution in [-0.4, -0.2) is 16.3 Å². The second-order valence-corrected chi connectivity index (χ2v) is 3.12. The highest BCUT2D eigenvalue weighted by atomic mass is 79.9. The van der Waals surface area contributed by atoms with Gasteiger partial charge in [-0.15, -0.1) is 0 Å². The lowest BCUT2D eigenvalue weighted by Gasteiger charge is -1.96. The monoisotopic (exact) mass is 244 g/mol. The van der Waals surface area contributed by atoms with Gasteiger partial charge in [0.15, 0.2) is 0 Å². The van der Waals surface area contributed by atoms with E-state index in [1.807, 2.05) is 0 Å². The second kappa shape index (κ2) is 3.99. The maximum absolute atomic E-state index is 10.5. The number of benzene rings is 1. The van der Waals surface area contributed by atoms with Crippen LogP contribution in [0.2, 0.25) is 0 Å². The minimum absolute atomic E-state index is 0.104. The van der Waals surface area contributed by atoms with Crippen molar-refractivity contribution in [2.24, 2.45) is 5.16 Å². The molecule has 6 heteroatoms. The van der Waals surface area contributed by atoms with E-state index < -0.39 is 4.92 Å². The van der Waals surface area contributed by atoms with Crippen molar-refractivity contribution in [1.82, 2.24) is 0 Å². The molecule has 1 aromatic rings. The van der Waals surface area contributed by atoms with Crippen LogP contribution in [0.5, 0.6) is 0 Å². The first-order chi connectivity index (χ1) is 6.15. The van der Waals surface area contributed by atoms with E-state index in [9.17, 15) is 10.1 Å². The van der Waals surface area contributed by atoms with Gasteiger partial charge in [0.25, 0.3) is 5.69 Å². The van der Waals surface area contributed by atoms with Crippen molar-refractivity contribution in [3.63, 3.8) is 0 Å². The molecule has 0 saturated heterocycles. The molecule has 1 rings (SSSR count). The predicted octanol–water partition coefficient (Wildman–Crippen LogP) is 2.17. The minimum Gasteiger partial charge on any atom is -0.411 e. The Kier molecular flexibility index (Phi) is 2.97. The van der Waals surface area contributed by atoms with Gasteiger partial charge in [0.1, 0.15) is 0 Å². The fourth-order valence-electron chi connectivity index (χ4n) is 0.846. The molecule has 0 unspecified atom stereocenters. The molecule has 0 aliphatic rings. The molecule has 5 nitrogen and oxygen atoms in total. The van der Waals surface area contributed by atoms with Gasteiger partial charge in [0.2, 0.25) is 0 Å². The first-order valence-corrected chi connectivity index (χ1v) is 4.06. The lowest BCUT2D eigenvalue weighted by Crippen LogP contribution is -1.94. The fraction of sp³-hybridized carbons (Fsp3) is 0. The molecule has 0 spiro atoms. The van der Waals surface area contributed by atoms with Crippen LogP contribution in [0.1, 0.15) is 5.56 Å². The molecular formula is C7H5BrN2O3. The van der Waals surface area contributed by atoms with E-state index in [2.05, 4.69) is 21.1 Å². The molecule has 1 aromatic carbocycles. The Balaban J connectivity index is 3.26. The molecule has 0 fully saturated rings. The maximum atomic E-state index is 10.5. The molecule has 0 aliphatic heterocycles. The van der Waals surface area contributed by atoms with Gasteiger partial charge in [-0.2, -0.15) is 0 Å². The Morgan fingerprint density at radius 1 is 1.62 bits per heavy atom. The molecule has 0 bridgehead atoms. The van der Waals surface area contributed by atoms with Crippen LogP contribution in [0.3, 0.4) is 0 Å². The normalized spacial score (nSPS) is 10.5. The second-order valence-electron chi connectivity index (χ2n) is 2.20. The van der Waals surface area contributed by atoms with Crippen molar-refractivity contribution >= 4 is 27.8 Å². The Morgan fingerprint density at radius 2 is 2.31 bits per heavy atom. The van der Waals surface area contributed by atoms with Crippen molar-refractivity contribution in [2.45, 2.75) is 0 Å². The molecule has 0 amide bonds. The summed E-state index contributed by atoms with van der Waals surface area (Å²) in [7, 11) is 0. The van der Waals surface area contributed by atoms with Crippen LogP contribution in [0, 0.1) is 10.1 Å². The highest BCUT2D eigenvalue weighted by Gasteiger charge is 2.11. The minimum atomic E-state index is -0.540. The van der Waals surface area contributed by atoms with E-state index in [1.165, 1.54) is 12.1 Å². The third-order valence-electron chi connectivity index (χ3n) is 1.39. The van der Waals surface area contributed by atoms with Crippen molar-refractivity contribution in [3.05, 3.63) is 38.3 Å². The van der Waals surface area contributed by atoms with Crippen LogP contribution in [0.15, 0.2) is 27.8 Å². The number of nitro benzene ring substituents is 1. The Hall–Kier alpha value is -1.43. The average Bonchev–Trinajstić information content (AvgIpc) is 2.08. The van der Waals surface area contributed by atoms with Crippen molar-refractivity contribution < 1.29 is 10.1 Å². The topological polar surface area (TPSA) is 75.7 Å². The molecule has 13 heavy (non-hydrogen) atoms. The number of nitrogens with zero attached hydrogens (tertiary/aromatic N) is 2. The van der Waals surface area contributed by atoms with E-state index >= 15 is 0 Å². The molecule has 0 heterocycles. The van der Waals surface area contributed by atoms with Crippen LogP contribution >= 0.6 is 15.9 Å². The molecule has 68 valence electrons. The average molecular weight is 245 g/mol. The van der Waals surface area contributed by atoms with Crippen LogP contribution < -0.4 is 0 Å². The SMILES string of the molecule is O=[N+]([O-])c1cc(Br)ccc1/C=N\O. The standard InChI is InChI=1S/C7H5BrN2O3/c8-6-2-1-5(4-9-11)7(3-6)10(12)13/h1-4,11H/b9-4-. The van der Waals surface area contributed by atoms with Crippen LogP contribution in [0.25, 0.3) is 0 Å². The zero-order valence-electron chi connectivity index (χ0n) is 6.35. The maximum Gasteiger partial charge on any atom is 0.279 e. The summed E-state index contributed by atoms with van der Waals surface area (Å²) in [6, 6.07) is 4.46. The van der Waals surface area contributed by atoms with Gasteiger partial charge in [0.05, 0.1) is 16.7 Å². The summed E-state index contributed by atoms with van der Waals surface area (Å²) in [5.41, 5.74) is 0.155. The van der Waals surface area contributed by atoms with Gasteiger partial charge in [-0.25, -0.2) is 0 Å². The van der Waals surface area contributed by atoms with Crippen LogP contribution in [-0.2, 0) is 0 Å². The van der Waals surface area contributed by atoms with E-state index in [-0.39, 0.29) is 11.3 Å². The number of hydrogen-bond acceptors (Lipinski definition) is 4. The lowest BCUT2D eigenvalue weighted by molar-refractivity contribution is -0.385. The summed E-state index contributed by atoms with van der Waals surface area (Å²) in [6.45, 7) is 0. The smallest absolute Gasteiger partial charge is 0.279 e. The largest absolute Gasteiger partial charge is 0.411 e. The molecule has 1 N–H and O–H groups in total. The molecule has 0 aromatic heterocycles. The Labute approximate surface area is 82.0 Å². The molecular weight excluding hydrogens is 240 g/mol. The van der Waals surface area contributed by atoms with Gasteiger partial charge in [0, 0.05) is 10.5 Å². The molecule has 0 atom stereocenters. The lowest BCUT2D eigenvalue weighted by atomic mass is 10.2. The van der Waals surface area contributed by atoms with Gasteiger partial charge in [-0.05, 0) is 12.1 Å². The van der Waals surface area contributed by atoms with E-state index in [0.717, 1.165) is 6.21 Å². The number of hydrogen-bond donors (Lipinski definition) is 1. The first-order valence-electron chi connectivity index (χ1n) is 3.26. The Bertz CT molecular complexity index is 365. The third kappa shape index (κ3) is 2.25. The predicted molar refractivity (Wildman–Crippen MR) is 50.2 cm³/mol. The van der Waals surface area contributed by atoms with E-state index in [4.69, 9.17) is 5.21 Å². The highest BCUT2D eigenvalue weighted by Crippen LogP contribution is 2.21. The summed E-state index contributed by atoms with van der Waals surface area (Å²) >= 11 is 3.10. The zero-order chi connectivity index (χ0) is 9.84. The van der Waals surface area contributed by atoms with E-state index in [0.29, 0.717) is 4.47 Å². The van der Waals surface area contributed by atoms with Crippen molar-refractivity contribution in [1.29, 1.82) is 0 Å². The summed E-state index contributed by atoms with van der Waals surface area (Å²) < 4.78 is 0.606. The van der Waals surface area contributed by atoms with Gasteiger partial charge >= 0.3 is 0 Å². The quantitative estimate of drug-likeness (QED) is 0.375. The fourth-order valence-corrected chi connectivity index (χ4v) is 1.20. The zero-order valence-corrected chi connectivity index (χ0v) is 7.93. The Morgan fingerprint density at radius 3 is 2.85 bits per heavy atom. The van der Waals surface area contributed by atoms with Crippen molar-refractivity contribution in [2.75, 3.05) is 0 Å². The van der Waals surface area contributed by atoms with Gasteiger partial charge < -0.3 is 5.21 Å². The van der Waals surface area contributed by atoms with Gasteiger partial charge in [-0.3, -0.25) is 10.1 Å². The number of rotatable bonds is 2. The number of halogens is 1. The van der Waals surface area contributed by atoms with E-state index in [1.54, 1.807) is 6.07 Å². The highest BCUT2D eigenvalue weighted by molar-refractivity contribution is 9.10. The molecule has 0 aliphatic carbocycles. The summed E-state index contributed by atoms with van der Waals surface area (Å²) in [6.07, 6.45) is 1.02. The third-order valence-corrected chi connectivity index (χ3v) is 1.88. The summed E-state index contributed by atoms with van der Waals surface area (Å²) in [5, 5.41) is 21.5. The molecule has 0 radical (unpaired) electrons. The summed E-state index contributed by atoms with van der Waals surface area (Å²) in [4.78, 5) is 9.95. The van der Waals surface area contributed by atoms with Crippen LogP contribution in [0.4, 0.5) is 5.69 Å². The molecule has 0 saturated carbocycles. The van der Waals surface area contributed by atoms with Crippen molar-refractivity contribution in [3.8, 4) is 0 Å². The summed E-state index contributed by atoms with van der Waals surface area (Å²) in [5.74, 6) is 0.